The smallest absolute Gasteiger partial charge is 0.212 e. The first-order valence-electron chi connectivity index (χ1n) is 5.00. The summed E-state index contributed by atoms with van der Waals surface area (Å²) in [6.45, 7) is 5.58. The van der Waals surface area contributed by atoms with Gasteiger partial charge in [0.05, 0.1) is 5.75 Å². The molecule has 4 heteroatoms. The van der Waals surface area contributed by atoms with Crippen LogP contribution in [-0.4, -0.2) is 31.6 Å². The summed E-state index contributed by atoms with van der Waals surface area (Å²) in [6, 6.07) is 0. The first-order chi connectivity index (χ1) is 6.02. The summed E-state index contributed by atoms with van der Waals surface area (Å²) >= 11 is 0. The Morgan fingerprint density at radius 3 is 2.23 bits per heavy atom. The number of sulfonamides is 1. The predicted octanol–water partition coefficient (Wildman–Crippen LogP) is 1.46. The lowest BCUT2D eigenvalue weighted by Crippen LogP contribution is -2.30. The van der Waals surface area contributed by atoms with Gasteiger partial charge in [-0.3, -0.25) is 0 Å². The lowest BCUT2D eigenvalue weighted by molar-refractivity contribution is 0.470. The molecule has 0 radical (unpaired) electrons. The Labute approximate surface area is 81.2 Å². The second-order valence-corrected chi connectivity index (χ2v) is 6.19. The van der Waals surface area contributed by atoms with Gasteiger partial charge in [0, 0.05) is 13.1 Å². The molecule has 1 heterocycles. The number of rotatable bonds is 4. The summed E-state index contributed by atoms with van der Waals surface area (Å²) < 4.78 is 25.0. The van der Waals surface area contributed by atoms with Crippen molar-refractivity contribution in [2.75, 3.05) is 18.8 Å². The van der Waals surface area contributed by atoms with Gasteiger partial charge < -0.3 is 0 Å². The van der Waals surface area contributed by atoms with Crippen LogP contribution in [0.25, 0.3) is 0 Å². The second-order valence-electron chi connectivity index (χ2n) is 4.10. The third-order valence-corrected chi connectivity index (χ3v) is 4.32. The van der Waals surface area contributed by atoms with Crippen molar-refractivity contribution in [3.05, 3.63) is 0 Å². The predicted molar refractivity (Wildman–Crippen MR) is 54.0 cm³/mol. The summed E-state index contributed by atoms with van der Waals surface area (Å²) in [7, 11) is -2.92. The highest BCUT2D eigenvalue weighted by Gasteiger charge is 2.24. The van der Waals surface area contributed by atoms with Crippen LogP contribution in [0.3, 0.4) is 0 Å². The van der Waals surface area contributed by atoms with E-state index in [1.165, 1.54) is 0 Å². The molecule has 0 amide bonds. The zero-order chi connectivity index (χ0) is 9.90. The standard InChI is InChI=1S/C9H19NO2S/c1-9(2)5-8-13(11,12)10-6-3-4-7-10/h9H,3-8H2,1-2H3. The molecular formula is C9H19NO2S. The third-order valence-electron chi connectivity index (χ3n) is 2.41. The van der Waals surface area contributed by atoms with E-state index in [4.69, 9.17) is 0 Å². The Kier molecular flexibility index (Phi) is 3.74. The number of nitrogens with zero attached hydrogens (tertiary/aromatic N) is 1. The largest absolute Gasteiger partial charge is 0.214 e. The van der Waals surface area contributed by atoms with E-state index in [0.29, 0.717) is 11.7 Å². The van der Waals surface area contributed by atoms with Crippen molar-refractivity contribution in [3.63, 3.8) is 0 Å². The number of hydrogen-bond acceptors (Lipinski definition) is 2. The first-order valence-corrected chi connectivity index (χ1v) is 6.61. The van der Waals surface area contributed by atoms with Gasteiger partial charge in [-0.2, -0.15) is 0 Å². The van der Waals surface area contributed by atoms with E-state index in [-0.39, 0.29) is 0 Å². The van der Waals surface area contributed by atoms with Crippen molar-refractivity contribution >= 4 is 10.0 Å². The monoisotopic (exact) mass is 205 g/mol. The highest BCUT2D eigenvalue weighted by Crippen LogP contribution is 2.15. The van der Waals surface area contributed by atoms with E-state index in [9.17, 15) is 8.42 Å². The van der Waals surface area contributed by atoms with Crippen LogP contribution in [0.1, 0.15) is 33.1 Å². The molecule has 0 saturated carbocycles. The average Bonchev–Trinajstić information content (AvgIpc) is 2.53. The van der Waals surface area contributed by atoms with E-state index >= 15 is 0 Å². The lowest BCUT2D eigenvalue weighted by atomic mass is 10.2. The fourth-order valence-corrected chi connectivity index (χ4v) is 3.32. The molecule has 3 nitrogen and oxygen atoms in total. The summed E-state index contributed by atoms with van der Waals surface area (Å²) in [6.07, 6.45) is 2.83. The molecule has 1 rings (SSSR count). The van der Waals surface area contributed by atoms with E-state index in [1.807, 2.05) is 0 Å². The Morgan fingerprint density at radius 1 is 1.23 bits per heavy atom. The quantitative estimate of drug-likeness (QED) is 0.697. The normalized spacial score (nSPS) is 19.9. The third kappa shape index (κ3) is 3.27. The molecule has 0 aromatic rings. The van der Waals surface area contributed by atoms with Gasteiger partial charge in [0.25, 0.3) is 0 Å². The zero-order valence-electron chi connectivity index (χ0n) is 8.49. The summed E-state index contributed by atoms with van der Waals surface area (Å²) in [5.41, 5.74) is 0. The van der Waals surface area contributed by atoms with Crippen molar-refractivity contribution in [1.29, 1.82) is 0 Å². The van der Waals surface area contributed by atoms with Crippen molar-refractivity contribution < 1.29 is 8.42 Å². The van der Waals surface area contributed by atoms with Crippen LogP contribution in [0.4, 0.5) is 0 Å². The van der Waals surface area contributed by atoms with Crippen molar-refractivity contribution in [3.8, 4) is 0 Å². The molecular weight excluding hydrogens is 186 g/mol. The van der Waals surface area contributed by atoms with E-state index in [2.05, 4.69) is 13.8 Å². The van der Waals surface area contributed by atoms with Crippen molar-refractivity contribution in [2.24, 2.45) is 5.92 Å². The van der Waals surface area contributed by atoms with Crippen LogP contribution in [0.15, 0.2) is 0 Å². The van der Waals surface area contributed by atoms with Crippen molar-refractivity contribution in [1.82, 2.24) is 4.31 Å². The van der Waals surface area contributed by atoms with E-state index in [0.717, 1.165) is 32.4 Å². The maximum atomic E-state index is 11.7. The van der Waals surface area contributed by atoms with Gasteiger partial charge in [-0.05, 0) is 25.2 Å². The maximum Gasteiger partial charge on any atom is 0.214 e. The topological polar surface area (TPSA) is 37.4 Å². The molecule has 0 aromatic heterocycles. The van der Waals surface area contributed by atoms with Gasteiger partial charge in [-0.15, -0.1) is 0 Å². The zero-order valence-corrected chi connectivity index (χ0v) is 9.31. The number of hydrogen-bond donors (Lipinski definition) is 0. The van der Waals surface area contributed by atoms with E-state index < -0.39 is 10.0 Å². The molecule has 0 spiro atoms. The van der Waals surface area contributed by atoms with Gasteiger partial charge in [-0.25, -0.2) is 12.7 Å². The lowest BCUT2D eigenvalue weighted by Gasteiger charge is -2.15. The summed E-state index contributed by atoms with van der Waals surface area (Å²) in [5.74, 6) is 0.794. The molecule has 1 aliphatic rings. The fraction of sp³-hybridized carbons (Fsp3) is 1.00. The minimum Gasteiger partial charge on any atom is -0.212 e. The van der Waals surface area contributed by atoms with Gasteiger partial charge >= 0.3 is 0 Å². The SMILES string of the molecule is CC(C)CCS(=O)(=O)N1CCCC1. The average molecular weight is 205 g/mol. The van der Waals surface area contributed by atoms with Crippen LogP contribution in [-0.2, 0) is 10.0 Å². The fourth-order valence-electron chi connectivity index (χ4n) is 1.48. The highest BCUT2D eigenvalue weighted by atomic mass is 32.2. The van der Waals surface area contributed by atoms with Crippen LogP contribution in [0.5, 0.6) is 0 Å². The Hall–Kier alpha value is -0.0900. The van der Waals surface area contributed by atoms with Crippen molar-refractivity contribution in [2.45, 2.75) is 33.1 Å². The Bertz CT molecular complexity index is 240. The van der Waals surface area contributed by atoms with Crippen LogP contribution >= 0.6 is 0 Å². The second kappa shape index (κ2) is 4.42. The maximum absolute atomic E-state index is 11.7. The Morgan fingerprint density at radius 2 is 1.77 bits per heavy atom. The molecule has 0 unspecified atom stereocenters. The van der Waals surface area contributed by atoms with Crippen LogP contribution in [0, 0.1) is 5.92 Å². The molecule has 1 aliphatic heterocycles. The van der Waals surface area contributed by atoms with Gasteiger partial charge in [0.15, 0.2) is 0 Å². The van der Waals surface area contributed by atoms with Crippen LogP contribution < -0.4 is 0 Å². The minimum absolute atomic E-state index is 0.324. The molecule has 0 bridgehead atoms. The molecule has 0 aromatic carbocycles. The highest BCUT2D eigenvalue weighted by molar-refractivity contribution is 7.89. The van der Waals surface area contributed by atoms with Gasteiger partial charge in [0.2, 0.25) is 10.0 Å². The summed E-state index contributed by atoms with van der Waals surface area (Å²) in [4.78, 5) is 0. The molecule has 1 fully saturated rings. The molecule has 0 aliphatic carbocycles. The van der Waals surface area contributed by atoms with Crippen LogP contribution in [0.2, 0.25) is 0 Å². The molecule has 0 atom stereocenters. The molecule has 0 N–H and O–H groups in total. The first kappa shape index (κ1) is 11.0. The van der Waals surface area contributed by atoms with Gasteiger partial charge in [0.1, 0.15) is 0 Å². The molecule has 1 saturated heterocycles. The molecule has 78 valence electrons. The summed E-state index contributed by atoms with van der Waals surface area (Å²) in [5, 5.41) is 0. The van der Waals surface area contributed by atoms with Gasteiger partial charge in [-0.1, -0.05) is 13.8 Å². The van der Waals surface area contributed by atoms with E-state index in [1.54, 1.807) is 4.31 Å². The Balaban J connectivity index is 2.45. The minimum atomic E-state index is -2.92. The molecule has 13 heavy (non-hydrogen) atoms.